The van der Waals surface area contributed by atoms with Crippen molar-refractivity contribution in [3.63, 3.8) is 0 Å². The van der Waals surface area contributed by atoms with Crippen molar-refractivity contribution in [2.45, 2.75) is 5.92 Å². The van der Waals surface area contributed by atoms with E-state index in [1.165, 1.54) is 30.3 Å². The van der Waals surface area contributed by atoms with Crippen LogP contribution < -0.4 is 0 Å². The van der Waals surface area contributed by atoms with E-state index in [0.717, 1.165) is 0 Å². The molecule has 1 aromatic heterocycles. The number of benzene rings is 1. The van der Waals surface area contributed by atoms with Gasteiger partial charge in [0.05, 0.1) is 5.69 Å². The first-order valence-electron chi connectivity index (χ1n) is 5.06. The number of carboxylic acid groups (broad SMARTS) is 1. The molecule has 0 saturated carbocycles. The van der Waals surface area contributed by atoms with Gasteiger partial charge in [0.1, 0.15) is 11.7 Å². The van der Waals surface area contributed by atoms with E-state index < -0.39 is 17.7 Å². The van der Waals surface area contributed by atoms with Gasteiger partial charge in [0, 0.05) is 5.56 Å². The molecular weight excluding hydrogens is 259 g/mol. The maximum Gasteiger partial charge on any atom is 0.317 e. The maximum atomic E-state index is 13.6. The van der Waals surface area contributed by atoms with Crippen LogP contribution in [0.5, 0.6) is 0 Å². The molecule has 0 fully saturated rings. The third-order valence-corrected chi connectivity index (χ3v) is 2.61. The van der Waals surface area contributed by atoms with Crippen molar-refractivity contribution in [3.05, 3.63) is 58.6 Å². The average molecular weight is 267 g/mol. The van der Waals surface area contributed by atoms with Gasteiger partial charge in [-0.05, 0) is 18.2 Å². The summed E-state index contributed by atoms with van der Waals surface area (Å²) in [5.41, 5.74) is 0.179. The fourth-order valence-corrected chi connectivity index (χ4v) is 1.71. The van der Waals surface area contributed by atoms with Gasteiger partial charge in [-0.2, -0.15) is 5.10 Å². The van der Waals surface area contributed by atoms with Crippen LogP contribution in [0.3, 0.4) is 0 Å². The molecule has 0 aliphatic heterocycles. The number of aliphatic carboxylic acids is 1. The van der Waals surface area contributed by atoms with Crippen molar-refractivity contribution in [1.29, 1.82) is 0 Å². The van der Waals surface area contributed by atoms with Crippen LogP contribution in [0.1, 0.15) is 17.2 Å². The summed E-state index contributed by atoms with van der Waals surface area (Å²) in [6.07, 6.45) is 0. The van der Waals surface area contributed by atoms with Crippen LogP contribution in [-0.4, -0.2) is 21.3 Å². The van der Waals surface area contributed by atoms with Crippen molar-refractivity contribution < 1.29 is 14.3 Å². The van der Waals surface area contributed by atoms with Gasteiger partial charge in [0.25, 0.3) is 0 Å². The van der Waals surface area contributed by atoms with Gasteiger partial charge in [-0.3, -0.25) is 4.79 Å². The second-order valence-electron chi connectivity index (χ2n) is 3.57. The Morgan fingerprint density at radius 2 is 1.94 bits per heavy atom. The Morgan fingerprint density at radius 3 is 2.50 bits per heavy atom. The zero-order chi connectivity index (χ0) is 13.1. The first-order chi connectivity index (χ1) is 8.59. The average Bonchev–Trinajstić information content (AvgIpc) is 2.34. The third-order valence-electron chi connectivity index (χ3n) is 2.41. The largest absolute Gasteiger partial charge is 0.480 e. The van der Waals surface area contributed by atoms with E-state index in [9.17, 15) is 14.3 Å². The molecule has 0 spiro atoms. The predicted molar refractivity (Wildman–Crippen MR) is 62.9 cm³/mol. The van der Waals surface area contributed by atoms with Gasteiger partial charge in [0.15, 0.2) is 5.15 Å². The number of carbonyl (C=O) groups is 1. The van der Waals surface area contributed by atoms with Gasteiger partial charge in [-0.1, -0.05) is 29.8 Å². The number of carboxylic acids is 1. The molecule has 92 valence electrons. The zero-order valence-corrected chi connectivity index (χ0v) is 9.80. The van der Waals surface area contributed by atoms with Gasteiger partial charge in [-0.25, -0.2) is 4.39 Å². The van der Waals surface area contributed by atoms with E-state index in [-0.39, 0.29) is 16.4 Å². The fourth-order valence-electron chi connectivity index (χ4n) is 1.61. The molecule has 1 unspecified atom stereocenters. The molecule has 4 nitrogen and oxygen atoms in total. The van der Waals surface area contributed by atoms with E-state index in [0.29, 0.717) is 0 Å². The molecular formula is C12H8ClFN2O2. The molecule has 2 rings (SSSR count). The first-order valence-corrected chi connectivity index (χ1v) is 5.43. The van der Waals surface area contributed by atoms with Crippen molar-refractivity contribution in [3.8, 4) is 0 Å². The molecule has 2 aromatic rings. The van der Waals surface area contributed by atoms with Gasteiger partial charge >= 0.3 is 5.97 Å². The summed E-state index contributed by atoms with van der Waals surface area (Å²) in [5.74, 6) is -2.99. The summed E-state index contributed by atoms with van der Waals surface area (Å²) < 4.78 is 13.6. The molecule has 0 radical (unpaired) electrons. The minimum atomic E-state index is -1.20. The minimum absolute atomic E-state index is 0.0432. The van der Waals surface area contributed by atoms with Gasteiger partial charge in [0.2, 0.25) is 0 Å². The minimum Gasteiger partial charge on any atom is -0.480 e. The topological polar surface area (TPSA) is 63.1 Å². The van der Waals surface area contributed by atoms with Crippen molar-refractivity contribution in [1.82, 2.24) is 10.2 Å². The lowest BCUT2D eigenvalue weighted by Gasteiger charge is -2.12. The summed E-state index contributed by atoms with van der Waals surface area (Å²) >= 11 is 5.58. The Kier molecular flexibility index (Phi) is 3.53. The number of nitrogens with zero attached hydrogens (tertiary/aromatic N) is 2. The number of hydrogen-bond acceptors (Lipinski definition) is 3. The normalized spacial score (nSPS) is 12.1. The molecule has 1 aromatic carbocycles. The van der Waals surface area contributed by atoms with E-state index in [1.807, 2.05) is 0 Å². The SMILES string of the molecule is O=C(O)C(c1ccc(Cl)nn1)c1ccccc1F. The monoisotopic (exact) mass is 266 g/mol. The molecule has 1 atom stereocenters. The smallest absolute Gasteiger partial charge is 0.317 e. The molecule has 0 aliphatic rings. The Labute approximate surface area is 107 Å². The lowest BCUT2D eigenvalue weighted by molar-refractivity contribution is -0.137. The lowest BCUT2D eigenvalue weighted by atomic mass is 9.95. The van der Waals surface area contributed by atoms with Crippen LogP contribution in [0, 0.1) is 5.82 Å². The highest BCUT2D eigenvalue weighted by Gasteiger charge is 2.26. The highest BCUT2D eigenvalue weighted by atomic mass is 35.5. The highest BCUT2D eigenvalue weighted by Crippen LogP contribution is 2.25. The number of rotatable bonds is 3. The standard InChI is InChI=1S/C12H8ClFN2O2/c13-10-6-5-9(15-16-10)11(12(17)18)7-3-1-2-4-8(7)14/h1-6,11H,(H,17,18). The Hall–Kier alpha value is -2.01. The molecule has 1 heterocycles. The van der Waals surface area contributed by atoms with Crippen molar-refractivity contribution >= 4 is 17.6 Å². The van der Waals surface area contributed by atoms with Crippen molar-refractivity contribution in [2.75, 3.05) is 0 Å². The molecule has 6 heteroatoms. The fraction of sp³-hybridized carbons (Fsp3) is 0.0833. The molecule has 0 bridgehead atoms. The predicted octanol–water partition coefficient (Wildman–Crippen LogP) is 2.49. The zero-order valence-electron chi connectivity index (χ0n) is 9.05. The van der Waals surface area contributed by atoms with Gasteiger partial charge < -0.3 is 5.11 Å². The summed E-state index contributed by atoms with van der Waals surface area (Å²) in [6.45, 7) is 0. The number of halogens is 2. The molecule has 0 aliphatic carbocycles. The van der Waals surface area contributed by atoms with Crippen LogP contribution in [0.25, 0.3) is 0 Å². The van der Waals surface area contributed by atoms with Crippen LogP contribution in [0.2, 0.25) is 5.15 Å². The number of hydrogen-bond donors (Lipinski definition) is 1. The summed E-state index contributed by atoms with van der Waals surface area (Å²) in [5, 5.41) is 16.6. The van der Waals surface area contributed by atoms with E-state index in [4.69, 9.17) is 11.6 Å². The van der Waals surface area contributed by atoms with Gasteiger partial charge in [-0.15, -0.1) is 5.10 Å². The quantitative estimate of drug-likeness (QED) is 0.927. The third kappa shape index (κ3) is 2.46. The highest BCUT2D eigenvalue weighted by molar-refractivity contribution is 6.29. The Bertz CT molecular complexity index is 575. The van der Waals surface area contributed by atoms with Crippen LogP contribution >= 0.6 is 11.6 Å². The Morgan fingerprint density at radius 1 is 1.22 bits per heavy atom. The summed E-state index contributed by atoms with van der Waals surface area (Å²) in [4.78, 5) is 11.3. The van der Waals surface area contributed by atoms with Crippen LogP contribution in [-0.2, 0) is 4.79 Å². The van der Waals surface area contributed by atoms with E-state index in [2.05, 4.69) is 10.2 Å². The lowest BCUT2D eigenvalue weighted by Crippen LogP contribution is -2.16. The van der Waals surface area contributed by atoms with Crippen molar-refractivity contribution in [2.24, 2.45) is 0 Å². The second kappa shape index (κ2) is 5.10. The molecule has 1 N–H and O–H groups in total. The maximum absolute atomic E-state index is 13.6. The van der Waals surface area contributed by atoms with Crippen LogP contribution in [0.4, 0.5) is 4.39 Å². The molecule has 0 saturated heterocycles. The summed E-state index contributed by atoms with van der Waals surface area (Å²) in [7, 11) is 0. The molecule has 0 amide bonds. The van der Waals surface area contributed by atoms with E-state index >= 15 is 0 Å². The first kappa shape index (κ1) is 12.4. The van der Waals surface area contributed by atoms with E-state index in [1.54, 1.807) is 6.07 Å². The Balaban J connectivity index is 2.50. The van der Waals surface area contributed by atoms with Crippen LogP contribution in [0.15, 0.2) is 36.4 Å². The number of aromatic nitrogens is 2. The second-order valence-corrected chi connectivity index (χ2v) is 3.96. The summed E-state index contributed by atoms with van der Waals surface area (Å²) in [6, 6.07) is 8.50. The molecule has 18 heavy (non-hydrogen) atoms.